The minimum absolute atomic E-state index is 0.258. The molecular weight excluding hydrogens is 338 g/mol. The SMILES string of the molecule is C[C@]1(C(=O)NCCCc2ccc(F)cc2)CC(c2cccc(F)c2)=NO1. The number of hydrogen-bond donors (Lipinski definition) is 1. The first-order valence-corrected chi connectivity index (χ1v) is 8.50. The number of aryl methyl sites for hydroxylation is 1. The summed E-state index contributed by atoms with van der Waals surface area (Å²) in [5.74, 6) is -0.877. The third-order valence-corrected chi connectivity index (χ3v) is 4.34. The summed E-state index contributed by atoms with van der Waals surface area (Å²) in [6.07, 6.45) is 1.74. The molecule has 0 bridgehead atoms. The fourth-order valence-corrected chi connectivity index (χ4v) is 2.82. The highest BCUT2D eigenvalue weighted by molar-refractivity contribution is 6.05. The number of hydrogen-bond acceptors (Lipinski definition) is 3. The van der Waals surface area contributed by atoms with Crippen molar-refractivity contribution in [3.8, 4) is 0 Å². The summed E-state index contributed by atoms with van der Waals surface area (Å²) < 4.78 is 26.2. The first-order chi connectivity index (χ1) is 12.5. The van der Waals surface area contributed by atoms with Gasteiger partial charge in [-0.3, -0.25) is 4.79 Å². The Hall–Kier alpha value is -2.76. The highest BCUT2D eigenvalue weighted by Crippen LogP contribution is 2.27. The van der Waals surface area contributed by atoms with Crippen molar-refractivity contribution in [3.63, 3.8) is 0 Å². The summed E-state index contributed by atoms with van der Waals surface area (Å²) in [7, 11) is 0. The molecule has 4 nitrogen and oxygen atoms in total. The second-order valence-electron chi connectivity index (χ2n) is 6.53. The van der Waals surface area contributed by atoms with Crippen LogP contribution < -0.4 is 5.32 Å². The van der Waals surface area contributed by atoms with Gasteiger partial charge in [-0.15, -0.1) is 0 Å². The van der Waals surface area contributed by atoms with Crippen LogP contribution in [-0.4, -0.2) is 23.8 Å². The van der Waals surface area contributed by atoms with E-state index in [9.17, 15) is 13.6 Å². The molecule has 0 radical (unpaired) electrons. The molecule has 0 aromatic heterocycles. The van der Waals surface area contributed by atoms with Gasteiger partial charge in [0.1, 0.15) is 11.6 Å². The van der Waals surface area contributed by atoms with E-state index in [2.05, 4.69) is 10.5 Å². The number of nitrogens with one attached hydrogen (secondary N) is 1. The van der Waals surface area contributed by atoms with Crippen LogP contribution in [0.1, 0.15) is 30.9 Å². The van der Waals surface area contributed by atoms with Crippen LogP contribution >= 0.6 is 0 Å². The Kier molecular flexibility index (Phi) is 5.30. The Balaban J connectivity index is 1.48. The largest absolute Gasteiger partial charge is 0.379 e. The molecule has 3 rings (SSSR count). The van der Waals surface area contributed by atoms with Gasteiger partial charge < -0.3 is 10.2 Å². The number of carbonyl (C=O) groups is 1. The molecule has 1 heterocycles. The molecule has 1 amide bonds. The lowest BCUT2D eigenvalue weighted by molar-refractivity contribution is -0.141. The van der Waals surface area contributed by atoms with E-state index >= 15 is 0 Å². The number of carbonyl (C=O) groups excluding carboxylic acids is 1. The van der Waals surface area contributed by atoms with Gasteiger partial charge in [0.2, 0.25) is 5.60 Å². The van der Waals surface area contributed by atoms with Crippen molar-refractivity contribution in [2.75, 3.05) is 6.54 Å². The van der Waals surface area contributed by atoms with E-state index in [1.165, 1.54) is 24.3 Å². The first-order valence-electron chi connectivity index (χ1n) is 8.50. The number of nitrogens with zero attached hydrogens (tertiary/aromatic N) is 1. The van der Waals surface area contributed by atoms with Gasteiger partial charge in [0, 0.05) is 18.5 Å². The van der Waals surface area contributed by atoms with Crippen molar-refractivity contribution in [1.82, 2.24) is 5.32 Å². The summed E-state index contributed by atoms with van der Waals surface area (Å²) in [5, 5.41) is 6.80. The molecule has 1 N–H and O–H groups in total. The van der Waals surface area contributed by atoms with E-state index in [0.29, 0.717) is 17.8 Å². The molecular formula is C20H20F2N2O2. The second kappa shape index (κ2) is 7.64. The molecule has 1 aliphatic rings. The van der Waals surface area contributed by atoms with Crippen molar-refractivity contribution in [1.29, 1.82) is 0 Å². The van der Waals surface area contributed by atoms with Crippen molar-refractivity contribution in [3.05, 3.63) is 71.3 Å². The summed E-state index contributed by atoms with van der Waals surface area (Å²) in [6.45, 7) is 2.14. The zero-order chi connectivity index (χ0) is 18.6. The van der Waals surface area contributed by atoms with Gasteiger partial charge >= 0.3 is 0 Å². The molecule has 2 aromatic carbocycles. The number of rotatable bonds is 6. The Labute approximate surface area is 150 Å². The maximum atomic E-state index is 13.3. The Morgan fingerprint density at radius 1 is 1.19 bits per heavy atom. The van der Waals surface area contributed by atoms with E-state index in [1.54, 1.807) is 31.2 Å². The fraction of sp³-hybridized carbons (Fsp3) is 0.300. The lowest BCUT2D eigenvalue weighted by atomic mass is 9.95. The minimum Gasteiger partial charge on any atom is -0.379 e. The van der Waals surface area contributed by atoms with Gasteiger partial charge in [0.05, 0.1) is 5.71 Å². The summed E-state index contributed by atoms with van der Waals surface area (Å²) in [5.41, 5.74) is 1.07. The smallest absolute Gasteiger partial charge is 0.267 e. The molecule has 6 heteroatoms. The van der Waals surface area contributed by atoms with E-state index in [-0.39, 0.29) is 24.0 Å². The average Bonchev–Trinajstić information content (AvgIpc) is 3.04. The van der Waals surface area contributed by atoms with Crippen LogP contribution in [0, 0.1) is 11.6 Å². The van der Waals surface area contributed by atoms with Crippen molar-refractivity contribution < 1.29 is 18.4 Å². The maximum absolute atomic E-state index is 13.3. The molecule has 0 saturated carbocycles. The first kappa shape index (κ1) is 18.0. The Morgan fingerprint density at radius 3 is 2.69 bits per heavy atom. The van der Waals surface area contributed by atoms with Crippen molar-refractivity contribution in [2.24, 2.45) is 5.16 Å². The number of oxime groups is 1. The van der Waals surface area contributed by atoms with Crippen LogP contribution in [0.3, 0.4) is 0 Å². The highest BCUT2D eigenvalue weighted by atomic mass is 19.1. The van der Waals surface area contributed by atoms with Crippen LogP contribution in [0.4, 0.5) is 8.78 Å². The Morgan fingerprint density at radius 2 is 1.96 bits per heavy atom. The predicted octanol–water partition coefficient (Wildman–Crippen LogP) is 3.60. The molecule has 136 valence electrons. The standard InChI is InChI=1S/C20H20F2N2O2/c1-20(13-18(24-26-20)15-5-2-6-17(22)12-15)19(25)23-11-3-4-14-7-9-16(21)10-8-14/h2,5-10,12H,3-4,11,13H2,1H3,(H,23,25)/t20-/m1/s1. The molecule has 0 fully saturated rings. The van der Waals surface area contributed by atoms with Crippen molar-refractivity contribution in [2.45, 2.75) is 31.8 Å². The van der Waals surface area contributed by atoms with Crippen LogP contribution in [0.2, 0.25) is 0 Å². The number of amides is 1. The van der Waals surface area contributed by atoms with Crippen molar-refractivity contribution >= 4 is 11.6 Å². The lowest BCUT2D eigenvalue weighted by Gasteiger charge is -2.20. The van der Waals surface area contributed by atoms with Crippen LogP contribution in [0.25, 0.3) is 0 Å². The quantitative estimate of drug-likeness (QED) is 0.802. The zero-order valence-corrected chi connectivity index (χ0v) is 14.5. The van der Waals surface area contributed by atoms with E-state index < -0.39 is 5.60 Å². The second-order valence-corrected chi connectivity index (χ2v) is 6.53. The molecule has 1 aliphatic heterocycles. The van der Waals surface area contributed by atoms with Gasteiger partial charge in [-0.1, -0.05) is 29.4 Å². The minimum atomic E-state index is -1.10. The summed E-state index contributed by atoms with van der Waals surface area (Å²) in [4.78, 5) is 17.8. The monoisotopic (exact) mass is 358 g/mol. The molecule has 0 spiro atoms. The normalized spacial score (nSPS) is 19.0. The van der Waals surface area contributed by atoms with Gasteiger partial charge in [-0.2, -0.15) is 0 Å². The van der Waals surface area contributed by atoms with Gasteiger partial charge in [-0.05, 0) is 49.6 Å². The third-order valence-electron chi connectivity index (χ3n) is 4.34. The lowest BCUT2D eigenvalue weighted by Crippen LogP contribution is -2.45. The topological polar surface area (TPSA) is 50.7 Å². The Bertz CT molecular complexity index is 821. The van der Waals surface area contributed by atoms with E-state index in [1.807, 2.05) is 0 Å². The molecule has 0 saturated heterocycles. The summed E-state index contributed by atoms with van der Waals surface area (Å²) >= 11 is 0. The fourth-order valence-electron chi connectivity index (χ4n) is 2.82. The van der Waals surface area contributed by atoms with Crippen LogP contribution in [0.15, 0.2) is 53.7 Å². The molecule has 1 atom stereocenters. The zero-order valence-electron chi connectivity index (χ0n) is 14.5. The average molecular weight is 358 g/mol. The summed E-state index contributed by atoms with van der Waals surface area (Å²) in [6, 6.07) is 12.4. The van der Waals surface area contributed by atoms with Gasteiger partial charge in [0.25, 0.3) is 5.91 Å². The predicted molar refractivity (Wildman–Crippen MR) is 94.8 cm³/mol. The molecule has 0 unspecified atom stereocenters. The molecule has 26 heavy (non-hydrogen) atoms. The molecule has 0 aliphatic carbocycles. The van der Waals surface area contributed by atoms with Gasteiger partial charge in [-0.25, -0.2) is 8.78 Å². The van der Waals surface area contributed by atoms with Crippen LogP contribution in [0.5, 0.6) is 0 Å². The maximum Gasteiger partial charge on any atom is 0.267 e. The van der Waals surface area contributed by atoms with E-state index in [0.717, 1.165) is 18.4 Å². The van der Waals surface area contributed by atoms with Crippen LogP contribution in [-0.2, 0) is 16.1 Å². The molecule has 2 aromatic rings. The number of benzene rings is 2. The third kappa shape index (κ3) is 4.25. The van der Waals surface area contributed by atoms with Gasteiger partial charge in [0.15, 0.2) is 0 Å². The highest BCUT2D eigenvalue weighted by Gasteiger charge is 2.42. The number of halogens is 2. The van der Waals surface area contributed by atoms with E-state index in [4.69, 9.17) is 4.84 Å².